The maximum atomic E-state index is 12.8. The van der Waals surface area contributed by atoms with Crippen LogP contribution in [0.1, 0.15) is 11.5 Å². The number of aromatic nitrogens is 4. The summed E-state index contributed by atoms with van der Waals surface area (Å²) in [7, 11) is 1.89. The summed E-state index contributed by atoms with van der Waals surface area (Å²) < 4.78 is 1.77. The first-order valence-electron chi connectivity index (χ1n) is 7.64. The van der Waals surface area contributed by atoms with E-state index >= 15 is 0 Å². The van der Waals surface area contributed by atoms with E-state index in [-0.39, 0.29) is 17.7 Å². The molecule has 7 nitrogen and oxygen atoms in total. The van der Waals surface area contributed by atoms with Crippen molar-refractivity contribution in [2.24, 2.45) is 13.0 Å². The van der Waals surface area contributed by atoms with Gasteiger partial charge in [-0.2, -0.15) is 5.10 Å². The number of para-hydroxylation sites is 1. The lowest BCUT2D eigenvalue weighted by atomic mass is 9.90. The van der Waals surface area contributed by atoms with E-state index in [0.29, 0.717) is 6.54 Å². The van der Waals surface area contributed by atoms with Crippen molar-refractivity contribution < 1.29 is 4.79 Å². The predicted octanol–water partition coefficient (Wildman–Crippen LogP) is 1.24. The van der Waals surface area contributed by atoms with Gasteiger partial charge < -0.3 is 15.6 Å². The van der Waals surface area contributed by atoms with Gasteiger partial charge in [0, 0.05) is 32.3 Å². The molecule has 1 saturated heterocycles. The number of hydrogen-bond donors (Lipinski definition) is 3. The molecule has 0 saturated carbocycles. The predicted molar refractivity (Wildman–Crippen MR) is 87.0 cm³/mol. The number of anilines is 1. The molecule has 7 heteroatoms. The molecule has 3 heterocycles. The number of nitrogens with one attached hydrogen (secondary N) is 3. The van der Waals surface area contributed by atoms with Crippen LogP contribution >= 0.6 is 0 Å². The molecular formula is C16H18N6O. The first kappa shape index (κ1) is 14.0. The molecule has 1 fully saturated rings. The molecule has 1 aromatic carbocycles. The molecule has 0 spiro atoms. The van der Waals surface area contributed by atoms with Gasteiger partial charge in [-0.1, -0.05) is 6.07 Å². The second-order valence-electron chi connectivity index (χ2n) is 5.91. The van der Waals surface area contributed by atoms with E-state index in [1.807, 2.05) is 37.6 Å². The van der Waals surface area contributed by atoms with Gasteiger partial charge in [-0.05, 0) is 17.7 Å². The van der Waals surface area contributed by atoms with Gasteiger partial charge >= 0.3 is 0 Å². The third-order valence-corrected chi connectivity index (χ3v) is 4.41. The van der Waals surface area contributed by atoms with Gasteiger partial charge in [-0.3, -0.25) is 9.48 Å². The summed E-state index contributed by atoms with van der Waals surface area (Å²) in [4.78, 5) is 20.1. The number of aryl methyl sites for hydroxylation is 1. The summed E-state index contributed by atoms with van der Waals surface area (Å²) in [5.41, 5.74) is 3.53. The van der Waals surface area contributed by atoms with E-state index in [2.05, 4.69) is 25.7 Å². The number of carbonyl (C=O) groups is 1. The molecule has 0 unspecified atom stereocenters. The molecule has 0 radical (unpaired) electrons. The zero-order valence-corrected chi connectivity index (χ0v) is 12.8. The van der Waals surface area contributed by atoms with Crippen LogP contribution in [0.3, 0.4) is 0 Å². The quantitative estimate of drug-likeness (QED) is 0.679. The molecule has 2 aromatic heterocycles. The van der Waals surface area contributed by atoms with Crippen molar-refractivity contribution in [2.75, 3.05) is 18.4 Å². The molecular weight excluding hydrogens is 292 g/mol. The van der Waals surface area contributed by atoms with E-state index in [1.165, 1.54) is 0 Å². The SMILES string of the molecule is Cn1cc([C@H]2CNC[C@@H]2C(=O)Nc2cccc3[nH]cnc23)cn1. The van der Waals surface area contributed by atoms with Crippen molar-refractivity contribution in [3.05, 3.63) is 42.5 Å². The number of amides is 1. The summed E-state index contributed by atoms with van der Waals surface area (Å²) in [6.07, 6.45) is 5.45. The zero-order chi connectivity index (χ0) is 15.8. The Balaban J connectivity index is 1.57. The molecule has 0 bridgehead atoms. The van der Waals surface area contributed by atoms with Crippen molar-refractivity contribution in [3.8, 4) is 0 Å². The minimum atomic E-state index is -0.117. The van der Waals surface area contributed by atoms with Crippen LogP contribution in [-0.2, 0) is 11.8 Å². The fourth-order valence-electron chi connectivity index (χ4n) is 3.23. The summed E-state index contributed by atoms with van der Waals surface area (Å²) >= 11 is 0. The van der Waals surface area contributed by atoms with Gasteiger partial charge in [0.25, 0.3) is 0 Å². The van der Waals surface area contributed by atoms with Gasteiger partial charge in [-0.15, -0.1) is 0 Å². The zero-order valence-electron chi connectivity index (χ0n) is 12.8. The fourth-order valence-corrected chi connectivity index (χ4v) is 3.23. The summed E-state index contributed by atoms with van der Waals surface area (Å²) in [5, 5.41) is 10.6. The molecule has 1 aliphatic heterocycles. The highest BCUT2D eigenvalue weighted by Gasteiger charge is 2.34. The maximum absolute atomic E-state index is 12.8. The Morgan fingerprint density at radius 2 is 2.30 bits per heavy atom. The number of benzene rings is 1. The van der Waals surface area contributed by atoms with Crippen LogP contribution in [0.25, 0.3) is 11.0 Å². The van der Waals surface area contributed by atoms with Gasteiger partial charge in [0.15, 0.2) is 0 Å². The molecule has 118 valence electrons. The highest BCUT2D eigenvalue weighted by atomic mass is 16.2. The number of carbonyl (C=O) groups excluding carboxylic acids is 1. The molecule has 23 heavy (non-hydrogen) atoms. The van der Waals surface area contributed by atoms with Crippen LogP contribution < -0.4 is 10.6 Å². The lowest BCUT2D eigenvalue weighted by Crippen LogP contribution is -2.28. The van der Waals surface area contributed by atoms with Gasteiger partial charge in [0.2, 0.25) is 5.91 Å². The average Bonchev–Trinajstić information content (AvgIpc) is 3.26. The number of rotatable bonds is 3. The molecule has 1 amide bonds. The molecule has 0 aliphatic carbocycles. The second-order valence-corrected chi connectivity index (χ2v) is 5.91. The highest BCUT2D eigenvalue weighted by Crippen LogP contribution is 2.29. The first-order chi connectivity index (χ1) is 11.2. The minimum absolute atomic E-state index is 0.0133. The Kier molecular flexibility index (Phi) is 3.34. The monoisotopic (exact) mass is 310 g/mol. The van der Waals surface area contributed by atoms with Gasteiger partial charge in [0.1, 0.15) is 5.52 Å². The standard InChI is InChI=1S/C16H18N6O/c1-22-8-10(5-20-22)11-6-17-7-12(11)16(23)21-14-4-2-3-13-15(14)19-9-18-13/h2-5,8-9,11-12,17H,6-7H2,1H3,(H,18,19)(H,21,23)/t11-,12+/m1/s1. The summed E-state index contributed by atoms with van der Waals surface area (Å²) in [6.45, 7) is 1.46. The average molecular weight is 310 g/mol. The second kappa shape index (κ2) is 5.51. The molecule has 4 rings (SSSR count). The Labute approximate surface area is 133 Å². The van der Waals surface area contributed by atoms with Crippen molar-refractivity contribution in [3.63, 3.8) is 0 Å². The number of imidazole rings is 1. The Bertz CT molecular complexity index is 851. The van der Waals surface area contributed by atoms with Crippen molar-refractivity contribution in [2.45, 2.75) is 5.92 Å². The van der Waals surface area contributed by atoms with Crippen LogP contribution in [0.15, 0.2) is 36.9 Å². The third-order valence-electron chi connectivity index (χ3n) is 4.41. The Morgan fingerprint density at radius 1 is 1.39 bits per heavy atom. The maximum Gasteiger partial charge on any atom is 0.229 e. The van der Waals surface area contributed by atoms with Gasteiger partial charge in [0.05, 0.1) is 29.6 Å². The molecule has 1 aliphatic rings. The molecule has 2 atom stereocenters. The van der Waals surface area contributed by atoms with Crippen LogP contribution in [-0.4, -0.2) is 38.7 Å². The lowest BCUT2D eigenvalue weighted by molar-refractivity contribution is -0.119. The topological polar surface area (TPSA) is 87.6 Å². The van der Waals surface area contributed by atoms with E-state index in [0.717, 1.165) is 28.8 Å². The van der Waals surface area contributed by atoms with Crippen LogP contribution in [0.2, 0.25) is 0 Å². The van der Waals surface area contributed by atoms with E-state index < -0.39 is 0 Å². The Hall–Kier alpha value is -2.67. The van der Waals surface area contributed by atoms with Crippen molar-refractivity contribution in [1.29, 1.82) is 0 Å². The van der Waals surface area contributed by atoms with Crippen LogP contribution in [0.5, 0.6) is 0 Å². The number of aromatic amines is 1. The highest BCUT2D eigenvalue weighted by molar-refractivity contribution is 6.00. The number of hydrogen-bond acceptors (Lipinski definition) is 4. The van der Waals surface area contributed by atoms with E-state index in [1.54, 1.807) is 11.0 Å². The van der Waals surface area contributed by atoms with Crippen molar-refractivity contribution >= 4 is 22.6 Å². The normalized spacial score (nSPS) is 20.9. The summed E-state index contributed by atoms with van der Waals surface area (Å²) in [6, 6.07) is 5.72. The minimum Gasteiger partial charge on any atom is -0.345 e. The number of fused-ring (bicyclic) bond motifs is 1. The third kappa shape index (κ3) is 2.49. The Morgan fingerprint density at radius 3 is 3.13 bits per heavy atom. The number of nitrogens with zero attached hydrogens (tertiary/aromatic N) is 3. The van der Waals surface area contributed by atoms with Crippen LogP contribution in [0, 0.1) is 5.92 Å². The lowest BCUT2D eigenvalue weighted by Gasteiger charge is -2.17. The van der Waals surface area contributed by atoms with E-state index in [4.69, 9.17) is 0 Å². The van der Waals surface area contributed by atoms with Crippen LogP contribution in [0.4, 0.5) is 5.69 Å². The van der Waals surface area contributed by atoms with Gasteiger partial charge in [-0.25, -0.2) is 4.98 Å². The van der Waals surface area contributed by atoms with Crippen molar-refractivity contribution in [1.82, 2.24) is 25.1 Å². The van der Waals surface area contributed by atoms with E-state index in [9.17, 15) is 4.79 Å². The summed E-state index contributed by atoms with van der Waals surface area (Å²) in [5.74, 6) is 0.0369. The smallest absolute Gasteiger partial charge is 0.229 e. The number of H-pyrrole nitrogens is 1. The molecule has 3 aromatic rings. The largest absolute Gasteiger partial charge is 0.345 e. The fraction of sp³-hybridized carbons (Fsp3) is 0.312. The first-order valence-corrected chi connectivity index (χ1v) is 7.64. The molecule has 3 N–H and O–H groups in total.